The zero-order valence-electron chi connectivity index (χ0n) is 10.6. The molecule has 101 valence electrons. The number of aromatic carboxylic acids is 1. The van der Waals surface area contributed by atoms with Gasteiger partial charge in [0.2, 0.25) is 0 Å². The van der Waals surface area contributed by atoms with Crippen LogP contribution in [0.4, 0.5) is 5.69 Å². The number of para-hydroxylation sites is 1. The van der Waals surface area contributed by atoms with Crippen molar-refractivity contribution in [3.63, 3.8) is 0 Å². The molecule has 0 saturated heterocycles. The van der Waals surface area contributed by atoms with E-state index in [9.17, 15) is 4.79 Å². The molecule has 0 amide bonds. The van der Waals surface area contributed by atoms with Crippen molar-refractivity contribution >= 4 is 26.7 Å². The Bertz CT molecular complexity index is 440. The fourth-order valence-electron chi connectivity index (χ4n) is 0.800. The third-order valence-electron chi connectivity index (χ3n) is 1.43. The van der Waals surface area contributed by atoms with Crippen LogP contribution in [0.15, 0.2) is 18.2 Å². The first-order valence-electron chi connectivity index (χ1n) is 4.92. The van der Waals surface area contributed by atoms with Gasteiger partial charge in [0.1, 0.15) is 0 Å². The molecular weight excluding hydrogens is 443 g/mol. The van der Waals surface area contributed by atoms with E-state index in [-0.39, 0.29) is 5.56 Å². The van der Waals surface area contributed by atoms with Crippen molar-refractivity contribution < 1.29 is 55.8 Å². The van der Waals surface area contributed by atoms with Crippen molar-refractivity contribution in [1.29, 1.82) is 0 Å². The molecule has 0 unspecified atom stereocenters. The summed E-state index contributed by atoms with van der Waals surface area (Å²) in [5, 5.41) is 23.5. The summed E-state index contributed by atoms with van der Waals surface area (Å²) in [6.45, 7) is 2.17. The Morgan fingerprint density at radius 1 is 1.05 bits per heavy atom. The van der Waals surface area contributed by atoms with Gasteiger partial charge in [-0.1, -0.05) is 0 Å². The average molecular weight is 457 g/mol. The number of nitrogens with two attached hydrogens (primary N) is 1. The second-order valence-electron chi connectivity index (χ2n) is 3.22. The van der Waals surface area contributed by atoms with Gasteiger partial charge in [-0.15, -0.1) is 0 Å². The van der Waals surface area contributed by atoms with Crippen LogP contribution in [0.1, 0.15) is 24.2 Å². The molecule has 5 N–H and O–H groups in total. The van der Waals surface area contributed by atoms with Crippen LogP contribution in [0, 0.1) is 0 Å². The molecule has 0 aliphatic carbocycles. The van der Waals surface area contributed by atoms with Gasteiger partial charge in [-0.25, -0.2) is 0 Å². The molecule has 1 rings (SSSR count). The van der Waals surface area contributed by atoms with E-state index in [1.165, 1.54) is 6.07 Å². The van der Waals surface area contributed by atoms with E-state index in [1.807, 2.05) is 6.07 Å². The third kappa shape index (κ3) is 12.6. The molecule has 0 fully saturated rings. The van der Waals surface area contributed by atoms with Gasteiger partial charge in [-0.3, -0.25) is 9.59 Å². The predicted molar refractivity (Wildman–Crippen MR) is 64.1 cm³/mol. The second-order valence-corrected chi connectivity index (χ2v) is 6.18. The van der Waals surface area contributed by atoms with Crippen molar-refractivity contribution in [2.45, 2.75) is 13.8 Å². The molecule has 0 spiro atoms. The molecule has 1 aromatic carbocycles. The third-order valence-corrected chi connectivity index (χ3v) is 3.82. The molecule has 0 atom stereocenters. The number of carboxylic acids is 3. The zero-order chi connectivity index (χ0) is 15.6. The Balaban J connectivity index is 0. The molecule has 7 nitrogen and oxygen atoms in total. The molecular formula is C11H14HgNO6. The topological polar surface area (TPSA) is 138 Å². The summed E-state index contributed by atoms with van der Waals surface area (Å²) >= 11 is 0.383. The summed E-state index contributed by atoms with van der Waals surface area (Å²) in [7, 11) is 0. The van der Waals surface area contributed by atoms with Crippen LogP contribution in [-0.4, -0.2) is 33.2 Å². The summed E-state index contributed by atoms with van der Waals surface area (Å²) < 4.78 is 0.991. The minimum absolute atomic E-state index is 0.220. The number of benzene rings is 1. The van der Waals surface area contributed by atoms with E-state index in [1.54, 1.807) is 6.07 Å². The monoisotopic (exact) mass is 458 g/mol. The molecule has 19 heavy (non-hydrogen) atoms. The maximum atomic E-state index is 10.5. The van der Waals surface area contributed by atoms with Crippen molar-refractivity contribution in [1.82, 2.24) is 0 Å². The van der Waals surface area contributed by atoms with Crippen LogP contribution in [0.25, 0.3) is 0 Å². The van der Waals surface area contributed by atoms with Gasteiger partial charge in [0.15, 0.2) is 0 Å². The number of nitrogen functional groups attached to an aromatic ring is 1. The Labute approximate surface area is 126 Å². The SMILES string of the molecule is CC(=O)O.CC(=O)O.Nc1[c]([Hg])cccc1C(=O)O. The summed E-state index contributed by atoms with van der Waals surface area (Å²) in [6, 6.07) is 5.11. The molecule has 0 saturated carbocycles. The predicted octanol–water partition coefficient (Wildman–Crippen LogP) is 0.321. The van der Waals surface area contributed by atoms with Gasteiger partial charge in [-0.2, -0.15) is 0 Å². The van der Waals surface area contributed by atoms with E-state index >= 15 is 0 Å². The number of rotatable bonds is 1. The van der Waals surface area contributed by atoms with Crippen LogP contribution in [0.5, 0.6) is 0 Å². The summed E-state index contributed by atoms with van der Waals surface area (Å²) in [5.41, 5.74) is 6.20. The molecule has 0 bridgehead atoms. The molecule has 8 heteroatoms. The minimum atomic E-state index is -0.949. The molecule has 0 aliphatic rings. The van der Waals surface area contributed by atoms with Crippen molar-refractivity contribution in [2.24, 2.45) is 0 Å². The van der Waals surface area contributed by atoms with E-state index in [2.05, 4.69) is 0 Å². The van der Waals surface area contributed by atoms with Crippen LogP contribution in [0.3, 0.4) is 0 Å². The number of anilines is 1. The van der Waals surface area contributed by atoms with Gasteiger partial charge >= 0.3 is 80.2 Å². The number of hydrogen-bond acceptors (Lipinski definition) is 4. The number of aliphatic carboxylic acids is 2. The summed E-state index contributed by atoms with van der Waals surface area (Å²) in [6.07, 6.45) is 0. The van der Waals surface area contributed by atoms with Crippen LogP contribution in [-0.2, 0) is 35.7 Å². The van der Waals surface area contributed by atoms with Gasteiger partial charge in [0.25, 0.3) is 11.9 Å². The van der Waals surface area contributed by atoms with Crippen LogP contribution in [0.2, 0.25) is 0 Å². The fourth-order valence-corrected chi connectivity index (χ4v) is 2.07. The van der Waals surface area contributed by atoms with Crippen LogP contribution < -0.4 is 8.81 Å². The van der Waals surface area contributed by atoms with E-state index < -0.39 is 17.9 Å². The van der Waals surface area contributed by atoms with E-state index in [0.717, 1.165) is 16.9 Å². The van der Waals surface area contributed by atoms with Gasteiger partial charge in [0.05, 0.1) is 0 Å². The van der Waals surface area contributed by atoms with Gasteiger partial charge < -0.3 is 10.2 Å². The summed E-state index contributed by atoms with van der Waals surface area (Å²) in [4.78, 5) is 28.5. The second kappa shape index (κ2) is 10.3. The molecule has 0 aliphatic heterocycles. The molecule has 0 radical (unpaired) electrons. The standard InChI is InChI=1S/C7H6NO2.2C2H4O2.Hg/c8-6-4-2-1-3-5(6)7(9)10;2*1-2(3)4;/h1-3H,8H2,(H,9,10);2*1H3,(H,3,4);. The van der Waals surface area contributed by atoms with E-state index in [0.29, 0.717) is 31.8 Å². The Morgan fingerprint density at radius 3 is 1.68 bits per heavy atom. The number of carboxylic acid groups (broad SMARTS) is 3. The van der Waals surface area contributed by atoms with Crippen molar-refractivity contribution in [3.05, 3.63) is 23.8 Å². The fraction of sp³-hybridized carbons (Fsp3) is 0.182. The first kappa shape index (κ1) is 19.7. The van der Waals surface area contributed by atoms with Crippen molar-refractivity contribution in [2.75, 3.05) is 5.73 Å². The molecule has 0 aromatic heterocycles. The number of hydrogen-bond donors (Lipinski definition) is 4. The van der Waals surface area contributed by atoms with Gasteiger partial charge in [-0.05, 0) is 0 Å². The molecule has 0 heterocycles. The Hall–Kier alpha value is -1.63. The normalized spacial score (nSPS) is 8.21. The zero-order valence-corrected chi connectivity index (χ0v) is 16.1. The maximum absolute atomic E-state index is 10.5. The van der Waals surface area contributed by atoms with E-state index in [4.69, 9.17) is 30.6 Å². The summed E-state index contributed by atoms with van der Waals surface area (Å²) in [5.74, 6) is -2.62. The Kier molecular flexibility index (Phi) is 10.7. The first-order valence-corrected chi connectivity index (χ1v) is 7.67. The van der Waals surface area contributed by atoms with Crippen molar-refractivity contribution in [3.8, 4) is 0 Å². The quantitative estimate of drug-likeness (QED) is 0.352. The van der Waals surface area contributed by atoms with Crippen LogP contribution >= 0.6 is 0 Å². The Morgan fingerprint density at radius 2 is 1.42 bits per heavy atom. The average Bonchev–Trinajstić information content (AvgIpc) is 2.20. The first-order chi connectivity index (χ1) is 8.59. The molecule has 1 aromatic rings. The van der Waals surface area contributed by atoms with Gasteiger partial charge in [0, 0.05) is 13.8 Å². The number of carbonyl (C=O) groups is 3.